The van der Waals surface area contributed by atoms with Crippen LogP contribution < -0.4 is 9.47 Å². The van der Waals surface area contributed by atoms with E-state index in [4.69, 9.17) is 9.57 Å². The van der Waals surface area contributed by atoms with E-state index in [1.54, 1.807) is 12.1 Å². The molecule has 2 amide bonds. The molecule has 7 nitrogen and oxygen atoms in total. The molecule has 9 heteroatoms. The van der Waals surface area contributed by atoms with Gasteiger partial charge in [-0.25, -0.2) is 4.79 Å². The summed E-state index contributed by atoms with van der Waals surface area (Å²) in [5.74, 6) is -2.61. The van der Waals surface area contributed by atoms with E-state index in [9.17, 15) is 23.2 Å². The van der Waals surface area contributed by atoms with Crippen LogP contribution in [0.2, 0.25) is 0 Å². The molecule has 0 fully saturated rings. The Morgan fingerprint density at radius 1 is 1.04 bits per heavy atom. The SMILES string of the molecule is COc1ccc(CC(=O)ON2C(=O)c3ccccc3C2=O)cc1OC(F)F. The number of ether oxygens (including phenoxy) is 2. The highest BCUT2D eigenvalue weighted by molar-refractivity contribution is 6.20. The number of nitrogens with zero attached hydrogens (tertiary/aromatic N) is 1. The van der Waals surface area contributed by atoms with E-state index in [1.807, 2.05) is 0 Å². The lowest BCUT2D eigenvalue weighted by atomic mass is 10.1. The van der Waals surface area contributed by atoms with Crippen LogP contribution >= 0.6 is 0 Å². The number of imide groups is 1. The number of hydrogen-bond acceptors (Lipinski definition) is 6. The van der Waals surface area contributed by atoms with Crippen LogP contribution in [0.15, 0.2) is 42.5 Å². The van der Waals surface area contributed by atoms with Gasteiger partial charge in [-0.1, -0.05) is 23.3 Å². The zero-order valence-corrected chi connectivity index (χ0v) is 14.0. The second-order valence-electron chi connectivity index (χ2n) is 5.45. The largest absolute Gasteiger partial charge is 0.493 e. The first kappa shape index (κ1) is 18.3. The standard InChI is InChI=1S/C18H13F2NO6/c1-25-13-7-6-10(8-14(13)26-18(19)20)9-15(22)27-21-16(23)11-4-2-3-5-12(11)17(21)24/h2-8,18H,9H2,1H3. The van der Waals surface area contributed by atoms with Crippen LogP contribution in [-0.4, -0.2) is 36.6 Å². The molecule has 2 aromatic rings. The topological polar surface area (TPSA) is 82.1 Å². The molecule has 2 aromatic carbocycles. The average molecular weight is 377 g/mol. The Hall–Kier alpha value is -3.49. The third kappa shape index (κ3) is 3.71. The summed E-state index contributed by atoms with van der Waals surface area (Å²) >= 11 is 0. The minimum atomic E-state index is -3.07. The quantitative estimate of drug-likeness (QED) is 0.720. The average Bonchev–Trinajstić information content (AvgIpc) is 2.87. The van der Waals surface area contributed by atoms with Crippen molar-refractivity contribution in [2.24, 2.45) is 0 Å². The number of alkyl halides is 2. The van der Waals surface area contributed by atoms with E-state index >= 15 is 0 Å². The molecule has 0 bridgehead atoms. The summed E-state index contributed by atoms with van der Waals surface area (Å²) in [5, 5.41) is 0.382. The molecule has 0 saturated heterocycles. The number of halogens is 2. The molecule has 3 rings (SSSR count). The molecule has 140 valence electrons. The van der Waals surface area contributed by atoms with Gasteiger partial charge in [-0.3, -0.25) is 9.59 Å². The zero-order valence-electron chi connectivity index (χ0n) is 14.0. The van der Waals surface area contributed by atoms with E-state index in [0.29, 0.717) is 5.06 Å². The van der Waals surface area contributed by atoms with Gasteiger partial charge in [0.05, 0.1) is 24.7 Å². The molecule has 0 N–H and O–H groups in total. The van der Waals surface area contributed by atoms with E-state index in [1.165, 1.54) is 37.4 Å². The highest BCUT2D eigenvalue weighted by Crippen LogP contribution is 2.30. The van der Waals surface area contributed by atoms with Crippen molar-refractivity contribution >= 4 is 17.8 Å². The van der Waals surface area contributed by atoms with E-state index in [2.05, 4.69) is 4.74 Å². The molecule has 1 aliphatic rings. The normalized spacial score (nSPS) is 13.0. The van der Waals surface area contributed by atoms with Crippen molar-refractivity contribution in [3.8, 4) is 11.5 Å². The van der Waals surface area contributed by atoms with Gasteiger partial charge >= 0.3 is 12.6 Å². The summed E-state index contributed by atoms with van der Waals surface area (Å²) in [6.07, 6.45) is -0.378. The Bertz CT molecular complexity index is 879. The molecule has 0 aliphatic carbocycles. The Balaban J connectivity index is 1.72. The van der Waals surface area contributed by atoms with Crippen molar-refractivity contribution in [3.05, 3.63) is 59.2 Å². The molecule has 1 heterocycles. The van der Waals surface area contributed by atoms with Crippen molar-refractivity contribution in [1.29, 1.82) is 0 Å². The van der Waals surface area contributed by atoms with Crippen molar-refractivity contribution in [3.63, 3.8) is 0 Å². The summed E-state index contributed by atoms with van der Waals surface area (Å²) in [6, 6.07) is 10.0. The minimum Gasteiger partial charge on any atom is -0.493 e. The lowest BCUT2D eigenvalue weighted by Gasteiger charge is -2.14. The van der Waals surface area contributed by atoms with Crippen LogP contribution in [0.5, 0.6) is 11.5 Å². The Morgan fingerprint density at radius 2 is 1.67 bits per heavy atom. The lowest BCUT2D eigenvalue weighted by Crippen LogP contribution is -2.33. The smallest absolute Gasteiger partial charge is 0.387 e. The Labute approximate surface area is 152 Å². The fourth-order valence-corrected chi connectivity index (χ4v) is 2.57. The lowest BCUT2D eigenvalue weighted by molar-refractivity contribution is -0.167. The highest BCUT2D eigenvalue weighted by atomic mass is 19.3. The van der Waals surface area contributed by atoms with Crippen LogP contribution in [0, 0.1) is 0 Å². The van der Waals surface area contributed by atoms with Crippen LogP contribution in [0.1, 0.15) is 26.3 Å². The third-order valence-corrected chi connectivity index (χ3v) is 3.74. The monoisotopic (exact) mass is 377 g/mol. The van der Waals surface area contributed by atoms with Crippen molar-refractivity contribution < 1.29 is 37.5 Å². The number of rotatable bonds is 6. The number of amides is 2. The summed E-state index contributed by atoms with van der Waals surface area (Å²) in [4.78, 5) is 41.3. The van der Waals surface area contributed by atoms with Gasteiger partial charge in [0.25, 0.3) is 11.8 Å². The van der Waals surface area contributed by atoms with Gasteiger partial charge in [0, 0.05) is 0 Å². The maximum atomic E-state index is 12.5. The molecular formula is C18H13F2NO6. The molecule has 0 aromatic heterocycles. The van der Waals surface area contributed by atoms with Crippen molar-refractivity contribution in [1.82, 2.24) is 5.06 Å². The highest BCUT2D eigenvalue weighted by Gasteiger charge is 2.38. The van der Waals surface area contributed by atoms with E-state index in [0.717, 1.165) is 0 Å². The predicted octanol–water partition coefficient (Wildman–Crippen LogP) is 2.59. The molecule has 0 saturated carbocycles. The first-order valence-corrected chi connectivity index (χ1v) is 7.71. The number of hydrogen-bond donors (Lipinski definition) is 0. The molecule has 1 aliphatic heterocycles. The second-order valence-corrected chi connectivity index (χ2v) is 5.45. The minimum absolute atomic E-state index is 0.0627. The fraction of sp³-hybridized carbons (Fsp3) is 0.167. The van der Waals surface area contributed by atoms with Crippen LogP contribution in [0.25, 0.3) is 0 Å². The molecule has 0 unspecified atom stereocenters. The van der Waals surface area contributed by atoms with Crippen LogP contribution in [0.4, 0.5) is 8.78 Å². The number of methoxy groups -OCH3 is 1. The Morgan fingerprint density at radius 3 is 2.22 bits per heavy atom. The van der Waals surface area contributed by atoms with Crippen LogP contribution in [-0.2, 0) is 16.1 Å². The van der Waals surface area contributed by atoms with Gasteiger partial charge in [-0.05, 0) is 29.8 Å². The summed E-state index contributed by atoms with van der Waals surface area (Å²) in [7, 11) is 1.28. The molecule has 0 radical (unpaired) electrons. The first-order valence-electron chi connectivity index (χ1n) is 7.71. The van der Waals surface area contributed by atoms with Gasteiger partial charge in [0.1, 0.15) is 0 Å². The summed E-state index contributed by atoms with van der Waals surface area (Å²) in [5.41, 5.74) is 0.535. The third-order valence-electron chi connectivity index (χ3n) is 3.74. The van der Waals surface area contributed by atoms with Gasteiger partial charge < -0.3 is 14.3 Å². The van der Waals surface area contributed by atoms with Gasteiger partial charge in [-0.2, -0.15) is 8.78 Å². The number of hydroxylamine groups is 2. The molecule has 0 spiro atoms. The maximum absolute atomic E-state index is 12.5. The number of fused-ring (bicyclic) bond motifs is 1. The number of carbonyl (C=O) groups is 3. The second kappa shape index (κ2) is 7.40. The van der Waals surface area contributed by atoms with Crippen molar-refractivity contribution in [2.45, 2.75) is 13.0 Å². The van der Waals surface area contributed by atoms with Gasteiger partial charge in [-0.15, -0.1) is 0 Å². The van der Waals surface area contributed by atoms with E-state index in [-0.39, 0.29) is 34.6 Å². The Kier molecular flexibility index (Phi) is 5.02. The van der Waals surface area contributed by atoms with E-state index < -0.39 is 24.4 Å². The molecule has 0 atom stereocenters. The van der Waals surface area contributed by atoms with Crippen LogP contribution in [0.3, 0.4) is 0 Å². The molecular weight excluding hydrogens is 364 g/mol. The summed E-state index contributed by atoms with van der Waals surface area (Å²) in [6.45, 7) is -3.07. The zero-order chi connectivity index (χ0) is 19.6. The van der Waals surface area contributed by atoms with Gasteiger partial charge in [0.2, 0.25) is 0 Å². The predicted molar refractivity (Wildman–Crippen MR) is 86.4 cm³/mol. The summed E-state index contributed by atoms with van der Waals surface area (Å²) < 4.78 is 34.2. The van der Waals surface area contributed by atoms with Crippen molar-refractivity contribution in [2.75, 3.05) is 7.11 Å². The number of carbonyl (C=O) groups excluding carboxylic acids is 3. The van der Waals surface area contributed by atoms with Gasteiger partial charge in [0.15, 0.2) is 11.5 Å². The number of benzene rings is 2. The fourth-order valence-electron chi connectivity index (χ4n) is 2.57. The maximum Gasteiger partial charge on any atom is 0.387 e. The molecule has 27 heavy (non-hydrogen) atoms. The first-order chi connectivity index (χ1) is 12.9.